The van der Waals surface area contributed by atoms with E-state index in [0.29, 0.717) is 5.56 Å². The predicted molar refractivity (Wildman–Crippen MR) is 92.4 cm³/mol. The molecule has 9 heteroatoms. The molecule has 0 heterocycles. The number of thiol groups is 1. The van der Waals surface area contributed by atoms with Gasteiger partial charge in [0.25, 0.3) is 11.4 Å². The van der Waals surface area contributed by atoms with E-state index in [1.807, 2.05) is 0 Å². The molecule has 0 amide bonds. The van der Waals surface area contributed by atoms with Gasteiger partial charge in [0.1, 0.15) is 5.56 Å². The molecule has 0 bridgehead atoms. The number of nitro benzene ring substituents is 2. The first-order valence-corrected chi connectivity index (χ1v) is 7.33. The van der Waals surface area contributed by atoms with Crippen LogP contribution in [0, 0.1) is 20.2 Å². The Hall–Kier alpha value is -3.20. The van der Waals surface area contributed by atoms with Gasteiger partial charge in [-0.15, -0.1) is 19.2 Å². The normalized spacial score (nSPS) is 11.6. The Balaban J connectivity index is 2.70. The number of allylic oxidation sites excluding steroid dienone is 1. The Labute approximate surface area is 147 Å². The second kappa shape index (κ2) is 7.14. The van der Waals surface area contributed by atoms with E-state index in [4.69, 9.17) is 0 Å². The number of hydrogen-bond donors (Lipinski definition) is 2. The summed E-state index contributed by atoms with van der Waals surface area (Å²) in [6.07, 6.45) is 1.41. The summed E-state index contributed by atoms with van der Waals surface area (Å²) < 4.78 is 0. The van der Waals surface area contributed by atoms with Gasteiger partial charge in [0.05, 0.1) is 9.85 Å². The van der Waals surface area contributed by atoms with E-state index in [1.165, 1.54) is 36.4 Å². The monoisotopic (exact) mass is 360 g/mol. The molecule has 0 saturated heterocycles. The van der Waals surface area contributed by atoms with Gasteiger partial charge >= 0.3 is 5.97 Å². The molecule has 8 nitrogen and oxygen atoms in total. The van der Waals surface area contributed by atoms with E-state index >= 15 is 0 Å². The number of hydrogen-bond acceptors (Lipinski definition) is 6. The smallest absolute Gasteiger partial charge is 0.343 e. The predicted octanol–water partition coefficient (Wildman–Crippen LogP) is 3.81. The highest BCUT2D eigenvalue weighted by Gasteiger charge is 2.29. The maximum absolute atomic E-state index is 11.6. The molecule has 0 radical (unpaired) electrons. The highest BCUT2D eigenvalue weighted by atomic mass is 32.1. The minimum absolute atomic E-state index is 0.105. The molecule has 2 aromatic rings. The van der Waals surface area contributed by atoms with Gasteiger partial charge in [-0.2, -0.15) is 0 Å². The summed E-state index contributed by atoms with van der Waals surface area (Å²) in [7, 11) is 0. The molecule has 0 aliphatic heterocycles. The molecule has 25 heavy (non-hydrogen) atoms. The zero-order chi connectivity index (χ0) is 18.7. The molecule has 128 valence electrons. The molecule has 0 saturated carbocycles. The molecule has 0 aliphatic rings. The lowest BCUT2D eigenvalue weighted by molar-refractivity contribution is -0.385. The average molecular weight is 360 g/mol. The van der Waals surface area contributed by atoms with Crippen molar-refractivity contribution in [1.29, 1.82) is 0 Å². The van der Waals surface area contributed by atoms with Crippen molar-refractivity contribution >= 4 is 30.0 Å². The first-order valence-electron chi connectivity index (χ1n) is 6.88. The molecule has 0 aromatic heterocycles. The van der Waals surface area contributed by atoms with Gasteiger partial charge in [0.15, 0.2) is 0 Å². The van der Waals surface area contributed by atoms with Crippen LogP contribution in [0.5, 0.6) is 0 Å². The number of benzene rings is 2. The minimum Gasteiger partial charge on any atom is -0.477 e. The van der Waals surface area contributed by atoms with Crippen LogP contribution in [0.2, 0.25) is 0 Å². The van der Waals surface area contributed by atoms with Crippen molar-refractivity contribution in [2.24, 2.45) is 0 Å². The molecule has 0 fully saturated rings. The SMILES string of the molecule is C=CC(c1ccc([N+](=O)[O-])cc1)c1c(S)ccc([N+](=O)[O-])c1C(=O)O. The minimum atomic E-state index is -1.47. The number of carbonyl (C=O) groups is 1. The molecule has 1 atom stereocenters. The molecule has 2 aromatic carbocycles. The Morgan fingerprint density at radius 2 is 1.72 bits per heavy atom. The van der Waals surface area contributed by atoms with Crippen molar-refractivity contribution < 1.29 is 19.7 Å². The Bertz CT molecular complexity index is 879. The van der Waals surface area contributed by atoms with E-state index in [1.54, 1.807) is 0 Å². The first-order chi connectivity index (χ1) is 11.8. The molecule has 1 N–H and O–H groups in total. The molecule has 1 unspecified atom stereocenters. The van der Waals surface area contributed by atoms with Crippen molar-refractivity contribution in [2.75, 3.05) is 0 Å². The van der Waals surface area contributed by atoms with Gasteiger partial charge < -0.3 is 5.11 Å². The van der Waals surface area contributed by atoms with E-state index < -0.39 is 33.0 Å². The zero-order valence-electron chi connectivity index (χ0n) is 12.7. The van der Waals surface area contributed by atoms with Crippen LogP contribution in [0.4, 0.5) is 11.4 Å². The third-order valence-electron chi connectivity index (χ3n) is 3.62. The zero-order valence-corrected chi connectivity index (χ0v) is 13.6. The van der Waals surface area contributed by atoms with Crippen LogP contribution >= 0.6 is 12.6 Å². The highest BCUT2D eigenvalue weighted by Crippen LogP contribution is 2.37. The molecule has 0 spiro atoms. The molecular formula is C16H12N2O6S. The maximum Gasteiger partial charge on any atom is 0.343 e. The number of carboxylic acids is 1. The summed E-state index contributed by atoms with van der Waals surface area (Å²) in [5.41, 5.74) is -0.572. The van der Waals surface area contributed by atoms with Gasteiger partial charge in [-0.3, -0.25) is 20.2 Å². The third-order valence-corrected chi connectivity index (χ3v) is 4.01. The van der Waals surface area contributed by atoms with Gasteiger partial charge in [0.2, 0.25) is 0 Å². The maximum atomic E-state index is 11.6. The van der Waals surface area contributed by atoms with Crippen molar-refractivity contribution in [3.63, 3.8) is 0 Å². The van der Waals surface area contributed by atoms with Crippen molar-refractivity contribution in [3.8, 4) is 0 Å². The summed E-state index contributed by atoms with van der Waals surface area (Å²) in [5, 5.41) is 31.4. The van der Waals surface area contributed by atoms with Crippen LogP contribution < -0.4 is 0 Å². The fourth-order valence-corrected chi connectivity index (χ4v) is 2.84. The Morgan fingerprint density at radius 1 is 1.12 bits per heavy atom. The standard InChI is InChI=1S/C16H12N2O6S/c1-2-11(9-3-5-10(6-4-9)17(21)22)14-13(25)8-7-12(18(23)24)15(14)16(19)20/h2-8,11,25H,1H2,(H,19,20). The number of nitrogens with zero attached hydrogens (tertiary/aromatic N) is 2. The number of rotatable bonds is 6. The van der Waals surface area contributed by atoms with Crippen LogP contribution in [0.3, 0.4) is 0 Å². The van der Waals surface area contributed by atoms with Crippen molar-refractivity contribution in [1.82, 2.24) is 0 Å². The van der Waals surface area contributed by atoms with Crippen molar-refractivity contribution in [2.45, 2.75) is 10.8 Å². The lowest BCUT2D eigenvalue weighted by Crippen LogP contribution is -2.11. The first kappa shape index (κ1) is 18.1. The van der Waals surface area contributed by atoms with Gasteiger partial charge in [-0.25, -0.2) is 4.79 Å². The number of non-ortho nitro benzene ring substituents is 1. The Morgan fingerprint density at radius 3 is 2.16 bits per heavy atom. The number of nitro groups is 2. The summed E-state index contributed by atoms with van der Waals surface area (Å²) in [6, 6.07) is 7.84. The second-order valence-corrected chi connectivity index (χ2v) is 5.50. The highest BCUT2D eigenvalue weighted by molar-refractivity contribution is 7.80. The summed E-state index contributed by atoms with van der Waals surface area (Å²) in [6.45, 7) is 3.66. The lowest BCUT2D eigenvalue weighted by Gasteiger charge is -2.18. The van der Waals surface area contributed by atoms with E-state index in [-0.39, 0.29) is 16.1 Å². The fourth-order valence-electron chi connectivity index (χ4n) is 2.51. The molecular weight excluding hydrogens is 348 g/mol. The summed E-state index contributed by atoms with van der Waals surface area (Å²) in [5.74, 6) is -2.20. The van der Waals surface area contributed by atoms with E-state index in [0.717, 1.165) is 6.07 Å². The summed E-state index contributed by atoms with van der Waals surface area (Å²) in [4.78, 5) is 32.5. The van der Waals surface area contributed by atoms with E-state index in [9.17, 15) is 30.1 Å². The molecule has 0 aliphatic carbocycles. The second-order valence-electron chi connectivity index (χ2n) is 5.02. The Kier molecular flexibility index (Phi) is 5.18. The summed E-state index contributed by atoms with van der Waals surface area (Å²) >= 11 is 4.23. The van der Waals surface area contributed by atoms with Gasteiger partial charge in [0, 0.05) is 29.0 Å². The van der Waals surface area contributed by atoms with Crippen LogP contribution in [0.1, 0.15) is 27.4 Å². The lowest BCUT2D eigenvalue weighted by atomic mass is 9.87. The van der Waals surface area contributed by atoms with Crippen molar-refractivity contribution in [3.05, 3.63) is 86.0 Å². The van der Waals surface area contributed by atoms with Gasteiger partial charge in [-0.05, 0) is 17.2 Å². The largest absolute Gasteiger partial charge is 0.477 e. The van der Waals surface area contributed by atoms with Crippen LogP contribution in [0.15, 0.2) is 53.9 Å². The fraction of sp³-hybridized carbons (Fsp3) is 0.0625. The van der Waals surface area contributed by atoms with Crippen LogP contribution in [-0.2, 0) is 0 Å². The van der Waals surface area contributed by atoms with Gasteiger partial charge in [-0.1, -0.05) is 18.2 Å². The third kappa shape index (κ3) is 3.50. The number of aromatic carboxylic acids is 1. The number of carboxylic acid groups (broad SMARTS) is 1. The average Bonchev–Trinajstić information content (AvgIpc) is 2.56. The van der Waals surface area contributed by atoms with E-state index in [2.05, 4.69) is 19.2 Å². The van der Waals surface area contributed by atoms with Crippen LogP contribution in [-0.4, -0.2) is 20.9 Å². The molecule has 2 rings (SSSR count). The quantitative estimate of drug-likeness (QED) is 0.349. The topological polar surface area (TPSA) is 124 Å². The van der Waals surface area contributed by atoms with Crippen LogP contribution in [0.25, 0.3) is 0 Å².